The van der Waals surface area contributed by atoms with Crippen LogP contribution in [0.5, 0.6) is 0 Å². The molecule has 0 radical (unpaired) electrons. The van der Waals surface area contributed by atoms with Crippen LogP contribution in [0, 0.1) is 13.8 Å². The molecule has 0 saturated carbocycles. The van der Waals surface area contributed by atoms with Crippen LogP contribution in [0.1, 0.15) is 34.1 Å². The summed E-state index contributed by atoms with van der Waals surface area (Å²) in [7, 11) is 0. The molecule has 0 fully saturated rings. The van der Waals surface area contributed by atoms with Crippen molar-refractivity contribution in [3.05, 3.63) is 77.0 Å². The molecule has 2 N–H and O–H groups in total. The van der Waals surface area contributed by atoms with E-state index >= 15 is 0 Å². The average Bonchev–Trinajstić information content (AvgIpc) is 3.02. The van der Waals surface area contributed by atoms with Crippen molar-refractivity contribution in [1.29, 1.82) is 0 Å². The van der Waals surface area contributed by atoms with Gasteiger partial charge in [-0.3, -0.25) is 9.89 Å². The van der Waals surface area contributed by atoms with Gasteiger partial charge in [-0.15, -0.1) is 0 Å². The number of rotatable bonds is 4. The van der Waals surface area contributed by atoms with Gasteiger partial charge >= 0.3 is 0 Å². The molecule has 126 valence electrons. The maximum absolute atomic E-state index is 12.4. The third-order valence-corrected chi connectivity index (χ3v) is 4.08. The van der Waals surface area contributed by atoms with Gasteiger partial charge in [-0.1, -0.05) is 60.2 Å². The molecule has 3 rings (SSSR count). The zero-order valence-corrected chi connectivity index (χ0v) is 14.5. The van der Waals surface area contributed by atoms with Crippen LogP contribution >= 0.6 is 0 Å². The highest BCUT2D eigenvalue weighted by Gasteiger charge is 2.16. The summed E-state index contributed by atoms with van der Waals surface area (Å²) in [6, 6.07) is 17.8. The molecule has 5 heteroatoms. The van der Waals surface area contributed by atoms with Crippen molar-refractivity contribution in [2.75, 3.05) is 0 Å². The summed E-state index contributed by atoms with van der Waals surface area (Å²) in [5.41, 5.74) is 8.44. The lowest BCUT2D eigenvalue weighted by Gasteiger charge is -2.03. The molecule has 1 heterocycles. The van der Waals surface area contributed by atoms with E-state index in [9.17, 15) is 4.79 Å². The van der Waals surface area contributed by atoms with Crippen molar-refractivity contribution in [3.8, 4) is 11.3 Å². The number of H-pyrrole nitrogens is 1. The number of hydrazone groups is 1. The number of hydrogen-bond donors (Lipinski definition) is 2. The van der Waals surface area contributed by atoms with Crippen LogP contribution in [0.4, 0.5) is 0 Å². The minimum Gasteiger partial charge on any atom is -0.272 e. The van der Waals surface area contributed by atoms with Gasteiger partial charge in [0.1, 0.15) is 5.69 Å². The average molecular weight is 332 g/mol. The van der Waals surface area contributed by atoms with E-state index in [4.69, 9.17) is 0 Å². The SMILES string of the molecule is C/C(=N\NC(=O)c1[nH]nc(-c2ccccc2)c1C)c1ccc(C)cc1. The van der Waals surface area contributed by atoms with Gasteiger partial charge in [0.2, 0.25) is 0 Å². The van der Waals surface area contributed by atoms with Gasteiger partial charge in [0.15, 0.2) is 0 Å². The normalized spacial score (nSPS) is 11.4. The summed E-state index contributed by atoms with van der Waals surface area (Å²) in [4.78, 5) is 12.4. The maximum Gasteiger partial charge on any atom is 0.289 e. The van der Waals surface area contributed by atoms with Crippen molar-refractivity contribution < 1.29 is 4.79 Å². The van der Waals surface area contributed by atoms with E-state index in [0.717, 1.165) is 28.1 Å². The number of benzene rings is 2. The molecule has 0 aliphatic rings. The van der Waals surface area contributed by atoms with E-state index in [1.54, 1.807) is 0 Å². The third-order valence-electron chi connectivity index (χ3n) is 4.08. The fraction of sp³-hybridized carbons (Fsp3) is 0.150. The summed E-state index contributed by atoms with van der Waals surface area (Å²) in [6.45, 7) is 5.76. The van der Waals surface area contributed by atoms with E-state index in [1.807, 2.05) is 75.4 Å². The number of carbonyl (C=O) groups excluding carboxylic acids is 1. The van der Waals surface area contributed by atoms with Gasteiger partial charge in [0.05, 0.1) is 11.4 Å². The molecule has 0 bridgehead atoms. The zero-order valence-electron chi connectivity index (χ0n) is 14.5. The fourth-order valence-electron chi connectivity index (χ4n) is 2.55. The summed E-state index contributed by atoms with van der Waals surface area (Å²) in [5, 5.41) is 11.3. The van der Waals surface area contributed by atoms with E-state index in [-0.39, 0.29) is 5.91 Å². The second-order valence-corrected chi connectivity index (χ2v) is 5.94. The number of aromatic nitrogens is 2. The predicted molar refractivity (Wildman–Crippen MR) is 99.6 cm³/mol. The Morgan fingerprint density at radius 1 is 1.04 bits per heavy atom. The molecule has 1 amide bonds. The standard InChI is InChI=1S/C20H20N4O/c1-13-9-11-16(12-10-13)15(3)21-24-20(25)19-14(2)18(22-23-19)17-7-5-4-6-8-17/h4-12H,1-3H3,(H,22,23)(H,24,25)/b21-15+. The molecule has 0 aliphatic carbocycles. The number of nitrogens with one attached hydrogen (secondary N) is 2. The Balaban J connectivity index is 1.77. The number of hydrogen-bond acceptors (Lipinski definition) is 3. The molecule has 1 aromatic heterocycles. The number of carbonyl (C=O) groups is 1. The molecule has 0 unspecified atom stereocenters. The monoisotopic (exact) mass is 332 g/mol. The third kappa shape index (κ3) is 3.66. The van der Waals surface area contributed by atoms with Crippen molar-refractivity contribution >= 4 is 11.6 Å². The largest absolute Gasteiger partial charge is 0.289 e. The van der Waals surface area contributed by atoms with Gasteiger partial charge in [-0.05, 0) is 26.3 Å². The minimum absolute atomic E-state index is 0.307. The number of aryl methyl sites for hydroxylation is 1. The molecule has 0 spiro atoms. The molecule has 3 aromatic rings. The number of amides is 1. The fourth-order valence-corrected chi connectivity index (χ4v) is 2.55. The van der Waals surface area contributed by atoms with Crippen molar-refractivity contribution in [2.24, 2.45) is 5.10 Å². The highest BCUT2D eigenvalue weighted by molar-refractivity contribution is 6.01. The molecule has 0 saturated heterocycles. The Labute approximate surface area is 146 Å². The smallest absolute Gasteiger partial charge is 0.272 e. The van der Waals surface area contributed by atoms with Crippen LogP contribution in [0.2, 0.25) is 0 Å². The second kappa shape index (κ2) is 7.13. The summed E-state index contributed by atoms with van der Waals surface area (Å²) < 4.78 is 0. The topological polar surface area (TPSA) is 70.1 Å². The summed E-state index contributed by atoms with van der Waals surface area (Å²) in [6.07, 6.45) is 0. The minimum atomic E-state index is -0.307. The number of nitrogens with zero attached hydrogens (tertiary/aromatic N) is 2. The Morgan fingerprint density at radius 2 is 1.72 bits per heavy atom. The maximum atomic E-state index is 12.4. The van der Waals surface area contributed by atoms with E-state index in [2.05, 4.69) is 20.7 Å². The highest BCUT2D eigenvalue weighted by Crippen LogP contribution is 2.22. The predicted octanol–water partition coefficient (Wildman–Crippen LogP) is 3.85. The summed E-state index contributed by atoms with van der Waals surface area (Å²) in [5.74, 6) is -0.307. The van der Waals surface area contributed by atoms with Crippen LogP contribution in [0.15, 0.2) is 59.7 Å². The van der Waals surface area contributed by atoms with Crippen LogP contribution in [-0.4, -0.2) is 21.8 Å². The number of aromatic amines is 1. The first-order valence-corrected chi connectivity index (χ1v) is 8.08. The van der Waals surface area contributed by atoms with Crippen LogP contribution in [0.3, 0.4) is 0 Å². The van der Waals surface area contributed by atoms with Gasteiger partial charge in [0, 0.05) is 11.1 Å². The van der Waals surface area contributed by atoms with Gasteiger partial charge in [-0.2, -0.15) is 10.2 Å². The Kier molecular flexibility index (Phi) is 4.75. The Hall–Kier alpha value is -3.21. The van der Waals surface area contributed by atoms with Crippen molar-refractivity contribution in [1.82, 2.24) is 15.6 Å². The lowest BCUT2D eigenvalue weighted by atomic mass is 10.1. The molecular formula is C20H20N4O. The zero-order chi connectivity index (χ0) is 17.8. The Morgan fingerprint density at radius 3 is 2.40 bits per heavy atom. The first kappa shape index (κ1) is 16.6. The molecule has 5 nitrogen and oxygen atoms in total. The first-order valence-electron chi connectivity index (χ1n) is 8.08. The van der Waals surface area contributed by atoms with Crippen molar-refractivity contribution in [2.45, 2.75) is 20.8 Å². The lowest BCUT2D eigenvalue weighted by molar-refractivity contribution is 0.0949. The first-order chi connectivity index (χ1) is 12.1. The van der Waals surface area contributed by atoms with E-state index in [1.165, 1.54) is 5.56 Å². The van der Waals surface area contributed by atoms with E-state index in [0.29, 0.717) is 5.69 Å². The molecule has 25 heavy (non-hydrogen) atoms. The van der Waals surface area contributed by atoms with Gasteiger partial charge in [0.25, 0.3) is 5.91 Å². The molecule has 0 atom stereocenters. The van der Waals surface area contributed by atoms with E-state index < -0.39 is 0 Å². The Bertz CT molecular complexity index is 909. The van der Waals surface area contributed by atoms with Crippen LogP contribution < -0.4 is 5.43 Å². The summed E-state index contributed by atoms with van der Waals surface area (Å²) >= 11 is 0. The second-order valence-electron chi connectivity index (χ2n) is 5.94. The van der Waals surface area contributed by atoms with Crippen molar-refractivity contribution in [3.63, 3.8) is 0 Å². The van der Waals surface area contributed by atoms with Crippen LogP contribution in [-0.2, 0) is 0 Å². The molecule has 2 aromatic carbocycles. The lowest BCUT2D eigenvalue weighted by Crippen LogP contribution is -2.20. The van der Waals surface area contributed by atoms with Crippen LogP contribution in [0.25, 0.3) is 11.3 Å². The molecule has 0 aliphatic heterocycles. The highest BCUT2D eigenvalue weighted by atomic mass is 16.2. The quantitative estimate of drug-likeness (QED) is 0.563. The van der Waals surface area contributed by atoms with Gasteiger partial charge in [-0.25, -0.2) is 5.43 Å². The molecular weight excluding hydrogens is 312 g/mol. The van der Waals surface area contributed by atoms with Gasteiger partial charge < -0.3 is 0 Å².